The average molecular weight is 321 g/mol. The molecule has 2 aromatic heterocycles. The second kappa shape index (κ2) is 7.05. The lowest BCUT2D eigenvalue weighted by molar-refractivity contribution is 0.162. The molecule has 1 N–H and O–H groups in total. The van der Waals surface area contributed by atoms with E-state index in [1.807, 2.05) is 22.7 Å². The molecule has 2 nitrogen and oxygen atoms in total. The summed E-state index contributed by atoms with van der Waals surface area (Å²) in [6.07, 6.45) is 3.62. The summed E-state index contributed by atoms with van der Waals surface area (Å²) in [5, 5.41) is 8.31. The number of piperidine rings is 1. The van der Waals surface area contributed by atoms with Gasteiger partial charge in [0.25, 0.3) is 0 Å². The Bertz CT molecular complexity index is 521. The van der Waals surface area contributed by atoms with Gasteiger partial charge < -0.3 is 10.2 Å². The van der Waals surface area contributed by atoms with Gasteiger partial charge in [-0.1, -0.05) is 12.1 Å². The van der Waals surface area contributed by atoms with Crippen molar-refractivity contribution < 1.29 is 0 Å². The summed E-state index contributed by atoms with van der Waals surface area (Å²) in [5.74, 6) is 0. The lowest BCUT2D eigenvalue weighted by Crippen LogP contribution is -2.46. The smallest absolute Gasteiger partial charge is 0.0465 e. The fourth-order valence-electron chi connectivity index (χ4n) is 3.09. The fourth-order valence-corrected chi connectivity index (χ4v) is 4.63. The molecule has 0 aromatic carbocycles. The van der Waals surface area contributed by atoms with Gasteiger partial charge in [-0.2, -0.15) is 0 Å². The van der Waals surface area contributed by atoms with Crippen LogP contribution in [0, 0.1) is 0 Å². The van der Waals surface area contributed by atoms with E-state index < -0.39 is 0 Å². The number of rotatable bonds is 5. The second-order valence-corrected chi connectivity index (χ2v) is 8.08. The molecule has 1 fully saturated rings. The maximum Gasteiger partial charge on any atom is 0.0465 e. The van der Waals surface area contributed by atoms with E-state index in [0.717, 1.165) is 6.42 Å². The highest BCUT2D eigenvalue weighted by molar-refractivity contribution is 7.10. The van der Waals surface area contributed by atoms with Gasteiger partial charge in [-0.05, 0) is 56.3 Å². The minimum atomic E-state index is 0.462. The first-order valence-corrected chi connectivity index (χ1v) is 9.50. The summed E-state index contributed by atoms with van der Waals surface area (Å²) in [7, 11) is 2.24. The highest BCUT2D eigenvalue weighted by atomic mass is 32.1. The highest BCUT2D eigenvalue weighted by Gasteiger charge is 2.25. The SMILES string of the molecule is CC1CC(NC(Cc2cccs2)c2cccs2)CCN1C. The third-order valence-corrected chi connectivity index (χ3v) is 6.40. The van der Waals surface area contributed by atoms with E-state index in [0.29, 0.717) is 18.1 Å². The number of hydrogen-bond acceptors (Lipinski definition) is 4. The van der Waals surface area contributed by atoms with Crippen molar-refractivity contribution in [2.24, 2.45) is 0 Å². The number of thiophene rings is 2. The molecule has 0 aliphatic carbocycles. The largest absolute Gasteiger partial charge is 0.306 e. The summed E-state index contributed by atoms with van der Waals surface area (Å²) < 4.78 is 0. The molecule has 0 amide bonds. The van der Waals surface area contributed by atoms with Crippen LogP contribution in [-0.2, 0) is 6.42 Å². The van der Waals surface area contributed by atoms with Crippen LogP contribution >= 0.6 is 22.7 Å². The van der Waals surface area contributed by atoms with Gasteiger partial charge >= 0.3 is 0 Å². The Labute approximate surface area is 135 Å². The Morgan fingerprint density at radius 1 is 1.29 bits per heavy atom. The molecule has 0 radical (unpaired) electrons. The number of likely N-dealkylation sites (tertiary alicyclic amines) is 1. The molecule has 4 heteroatoms. The second-order valence-electron chi connectivity index (χ2n) is 6.07. The minimum absolute atomic E-state index is 0.462. The molecule has 0 bridgehead atoms. The van der Waals surface area contributed by atoms with Crippen LogP contribution in [0.4, 0.5) is 0 Å². The zero-order valence-corrected chi connectivity index (χ0v) is 14.4. The van der Waals surface area contributed by atoms with Crippen LogP contribution in [0.15, 0.2) is 35.0 Å². The molecule has 1 saturated heterocycles. The zero-order valence-electron chi connectivity index (χ0n) is 12.8. The first-order valence-electron chi connectivity index (χ1n) is 7.74. The normalized spacial score (nSPS) is 25.0. The monoisotopic (exact) mass is 320 g/mol. The van der Waals surface area contributed by atoms with Gasteiger partial charge in [0.05, 0.1) is 0 Å². The van der Waals surface area contributed by atoms with E-state index in [9.17, 15) is 0 Å². The van der Waals surface area contributed by atoms with E-state index in [1.165, 1.54) is 29.1 Å². The topological polar surface area (TPSA) is 15.3 Å². The van der Waals surface area contributed by atoms with E-state index in [4.69, 9.17) is 0 Å². The molecule has 0 spiro atoms. The summed E-state index contributed by atoms with van der Waals surface area (Å²) in [5.41, 5.74) is 0. The third kappa shape index (κ3) is 3.95. The molecule has 3 heterocycles. The lowest BCUT2D eigenvalue weighted by atomic mass is 9.97. The third-order valence-electron chi connectivity index (χ3n) is 4.52. The molecule has 3 unspecified atom stereocenters. The van der Waals surface area contributed by atoms with Crippen molar-refractivity contribution in [3.05, 3.63) is 44.8 Å². The van der Waals surface area contributed by atoms with Gasteiger partial charge in [0, 0.05) is 34.3 Å². The summed E-state index contributed by atoms with van der Waals surface area (Å²) >= 11 is 3.74. The predicted octanol–water partition coefficient (Wildman–Crippen LogP) is 4.17. The van der Waals surface area contributed by atoms with Gasteiger partial charge in [0.15, 0.2) is 0 Å². The van der Waals surface area contributed by atoms with E-state index in [1.54, 1.807) is 0 Å². The molecular formula is C17H24N2S2. The molecule has 0 saturated carbocycles. The van der Waals surface area contributed by atoms with Crippen molar-refractivity contribution in [1.82, 2.24) is 10.2 Å². The lowest BCUT2D eigenvalue weighted by Gasteiger charge is -2.37. The van der Waals surface area contributed by atoms with Crippen molar-refractivity contribution in [3.63, 3.8) is 0 Å². The predicted molar refractivity (Wildman–Crippen MR) is 93.3 cm³/mol. The first kappa shape index (κ1) is 15.2. The van der Waals surface area contributed by atoms with Gasteiger partial charge in [-0.3, -0.25) is 0 Å². The molecule has 2 aromatic rings. The molecule has 114 valence electrons. The van der Waals surface area contributed by atoms with Crippen molar-refractivity contribution in [1.29, 1.82) is 0 Å². The Balaban J connectivity index is 1.68. The van der Waals surface area contributed by atoms with Gasteiger partial charge in [0.1, 0.15) is 0 Å². The minimum Gasteiger partial charge on any atom is -0.306 e. The van der Waals surface area contributed by atoms with Crippen molar-refractivity contribution >= 4 is 22.7 Å². The van der Waals surface area contributed by atoms with Crippen molar-refractivity contribution in [2.75, 3.05) is 13.6 Å². The van der Waals surface area contributed by atoms with Crippen LogP contribution < -0.4 is 5.32 Å². The number of nitrogens with zero attached hydrogens (tertiary/aromatic N) is 1. The number of hydrogen-bond donors (Lipinski definition) is 1. The maximum absolute atomic E-state index is 3.94. The Morgan fingerprint density at radius 3 is 2.76 bits per heavy atom. The van der Waals surface area contributed by atoms with E-state index in [-0.39, 0.29) is 0 Å². The zero-order chi connectivity index (χ0) is 14.7. The molecule has 1 aliphatic rings. The van der Waals surface area contributed by atoms with Crippen molar-refractivity contribution in [2.45, 2.75) is 44.3 Å². The first-order chi connectivity index (χ1) is 10.2. The van der Waals surface area contributed by atoms with Crippen LogP contribution in [0.3, 0.4) is 0 Å². The maximum atomic E-state index is 3.94. The summed E-state index contributed by atoms with van der Waals surface area (Å²) in [6.45, 7) is 3.54. The molecule has 21 heavy (non-hydrogen) atoms. The van der Waals surface area contributed by atoms with Crippen LogP contribution in [0.25, 0.3) is 0 Å². The average Bonchev–Trinajstić information content (AvgIpc) is 3.15. The Kier molecular flexibility index (Phi) is 5.11. The molecular weight excluding hydrogens is 296 g/mol. The molecule has 1 aliphatic heterocycles. The van der Waals surface area contributed by atoms with Crippen molar-refractivity contribution in [3.8, 4) is 0 Å². The molecule has 3 rings (SSSR count). The standard InChI is InChI=1S/C17H24N2S2/c1-13-11-14(7-8-19(13)2)18-16(17-6-4-10-21-17)12-15-5-3-9-20-15/h3-6,9-10,13-14,16,18H,7-8,11-12H2,1-2H3. The summed E-state index contributed by atoms with van der Waals surface area (Å²) in [4.78, 5) is 5.41. The Morgan fingerprint density at radius 2 is 2.10 bits per heavy atom. The molecule has 3 atom stereocenters. The van der Waals surface area contributed by atoms with Crippen LogP contribution in [0.5, 0.6) is 0 Å². The summed E-state index contributed by atoms with van der Waals surface area (Å²) in [6, 6.07) is 10.6. The van der Waals surface area contributed by atoms with Gasteiger partial charge in [0.2, 0.25) is 0 Å². The highest BCUT2D eigenvalue weighted by Crippen LogP contribution is 2.27. The van der Waals surface area contributed by atoms with Gasteiger partial charge in [-0.15, -0.1) is 22.7 Å². The van der Waals surface area contributed by atoms with E-state index >= 15 is 0 Å². The van der Waals surface area contributed by atoms with Crippen LogP contribution in [0.1, 0.15) is 35.6 Å². The van der Waals surface area contributed by atoms with Gasteiger partial charge in [-0.25, -0.2) is 0 Å². The quantitative estimate of drug-likeness (QED) is 0.889. The van der Waals surface area contributed by atoms with Crippen LogP contribution in [-0.4, -0.2) is 30.6 Å². The number of nitrogens with one attached hydrogen (secondary N) is 1. The Hall–Kier alpha value is -0.680. The van der Waals surface area contributed by atoms with E-state index in [2.05, 4.69) is 59.2 Å². The van der Waals surface area contributed by atoms with Crippen LogP contribution in [0.2, 0.25) is 0 Å². The fraction of sp³-hybridized carbons (Fsp3) is 0.529.